The first-order chi connectivity index (χ1) is 14.2. The molecule has 0 fully saturated rings. The Hall–Kier alpha value is -3.32. The molecule has 0 heterocycles. The molecule has 1 nitrogen and oxygen atoms in total. The van der Waals surface area contributed by atoms with Gasteiger partial charge in [-0.05, 0) is 85.3 Å². The van der Waals surface area contributed by atoms with E-state index in [4.69, 9.17) is 0 Å². The number of hydrogen-bond donors (Lipinski definition) is 0. The first-order valence-electron chi connectivity index (χ1n) is 10.3. The Morgan fingerprint density at radius 3 is 1.66 bits per heavy atom. The number of hydrogen-bond acceptors (Lipinski definition) is 1. The highest BCUT2D eigenvalue weighted by Gasteiger charge is 2.15. The molecule has 0 N–H and O–H groups in total. The van der Waals surface area contributed by atoms with E-state index in [0.29, 0.717) is 0 Å². The smallest absolute Gasteiger partial charge is 0.0467 e. The molecule has 5 rings (SSSR count). The van der Waals surface area contributed by atoms with E-state index < -0.39 is 0 Å². The fourth-order valence-electron chi connectivity index (χ4n) is 4.03. The van der Waals surface area contributed by atoms with E-state index in [1.807, 2.05) is 0 Å². The Labute approximate surface area is 173 Å². The summed E-state index contributed by atoms with van der Waals surface area (Å²) in [6, 6.07) is 33.3. The van der Waals surface area contributed by atoms with E-state index in [1.54, 1.807) is 0 Å². The molecular weight excluding hydrogens is 350 g/mol. The van der Waals surface area contributed by atoms with Gasteiger partial charge in [-0.2, -0.15) is 0 Å². The molecule has 1 heteroatoms. The van der Waals surface area contributed by atoms with Crippen LogP contribution >= 0.6 is 0 Å². The number of benzene rings is 4. The third-order valence-corrected chi connectivity index (χ3v) is 5.89. The number of fused-ring (bicyclic) bond motifs is 1. The third-order valence-electron chi connectivity index (χ3n) is 5.89. The van der Waals surface area contributed by atoms with Crippen molar-refractivity contribution in [3.63, 3.8) is 0 Å². The minimum atomic E-state index is 1.17. The zero-order chi connectivity index (χ0) is 19.8. The molecule has 0 bridgehead atoms. The van der Waals surface area contributed by atoms with Crippen LogP contribution in [0.4, 0.5) is 17.1 Å². The molecule has 4 aromatic rings. The van der Waals surface area contributed by atoms with E-state index >= 15 is 0 Å². The number of aryl methyl sites for hydroxylation is 4. The van der Waals surface area contributed by atoms with Crippen molar-refractivity contribution in [2.24, 2.45) is 0 Å². The van der Waals surface area contributed by atoms with E-state index in [0.717, 1.165) is 0 Å². The molecular formula is C28H25N. The maximum Gasteiger partial charge on any atom is 0.0467 e. The summed E-state index contributed by atoms with van der Waals surface area (Å²) in [5.74, 6) is 0. The van der Waals surface area contributed by atoms with Crippen LogP contribution in [-0.2, 0) is 12.8 Å². The molecule has 1 aliphatic rings. The summed E-state index contributed by atoms with van der Waals surface area (Å²) in [4.78, 5) is 2.34. The summed E-state index contributed by atoms with van der Waals surface area (Å²) in [6.45, 7) is 4.26. The van der Waals surface area contributed by atoms with Crippen LogP contribution in [0.5, 0.6) is 0 Å². The lowest BCUT2D eigenvalue weighted by atomic mass is 9.86. The fraction of sp³-hybridized carbons (Fsp3) is 0.143. The van der Waals surface area contributed by atoms with Gasteiger partial charge in [-0.1, -0.05) is 65.7 Å². The molecule has 0 radical (unpaired) electrons. The van der Waals surface area contributed by atoms with E-state index in [9.17, 15) is 0 Å². The highest BCUT2D eigenvalue weighted by Crippen LogP contribution is 2.37. The Kier molecular flexibility index (Phi) is 4.44. The van der Waals surface area contributed by atoms with Crippen LogP contribution in [-0.4, -0.2) is 0 Å². The van der Waals surface area contributed by atoms with Crippen molar-refractivity contribution >= 4 is 17.1 Å². The monoisotopic (exact) mass is 375 g/mol. The highest BCUT2D eigenvalue weighted by atomic mass is 15.1. The molecule has 0 saturated carbocycles. The molecule has 0 saturated heterocycles. The van der Waals surface area contributed by atoms with Crippen molar-refractivity contribution in [1.29, 1.82) is 0 Å². The zero-order valence-electron chi connectivity index (χ0n) is 17.0. The largest absolute Gasteiger partial charge is 0.310 e. The number of anilines is 3. The summed E-state index contributed by atoms with van der Waals surface area (Å²) in [7, 11) is 0. The lowest BCUT2D eigenvalue weighted by Gasteiger charge is -2.26. The van der Waals surface area contributed by atoms with Gasteiger partial charge in [0.2, 0.25) is 0 Å². The van der Waals surface area contributed by atoms with Crippen molar-refractivity contribution in [1.82, 2.24) is 0 Å². The minimum absolute atomic E-state index is 1.17. The van der Waals surface area contributed by atoms with Gasteiger partial charge in [0, 0.05) is 17.1 Å². The molecule has 142 valence electrons. The van der Waals surface area contributed by atoms with Gasteiger partial charge >= 0.3 is 0 Å². The van der Waals surface area contributed by atoms with Crippen molar-refractivity contribution in [2.75, 3.05) is 4.90 Å². The molecule has 0 atom stereocenters. The van der Waals surface area contributed by atoms with Gasteiger partial charge < -0.3 is 4.90 Å². The van der Waals surface area contributed by atoms with Crippen LogP contribution in [0, 0.1) is 13.8 Å². The molecule has 0 aliphatic heterocycles. The second-order valence-electron chi connectivity index (χ2n) is 8.04. The van der Waals surface area contributed by atoms with Gasteiger partial charge in [0.25, 0.3) is 0 Å². The maximum atomic E-state index is 2.36. The summed E-state index contributed by atoms with van der Waals surface area (Å²) in [6.07, 6.45) is 2.44. The standard InChI is InChI=1S/C28H25N/c1-20-6-14-26(15-7-20)29(27-16-8-21(2)9-17-27)28-5-3-4-23(19-28)25-13-11-22-10-12-24(22)18-25/h3-9,11,13-19H,10,12H2,1-2H3. The molecule has 1 aliphatic carbocycles. The molecule has 0 spiro atoms. The number of rotatable bonds is 4. The summed E-state index contributed by atoms with van der Waals surface area (Å²) >= 11 is 0. The van der Waals surface area contributed by atoms with Gasteiger partial charge in [0.1, 0.15) is 0 Å². The van der Waals surface area contributed by atoms with Gasteiger partial charge in [0.05, 0.1) is 0 Å². The van der Waals surface area contributed by atoms with Crippen LogP contribution in [0.25, 0.3) is 11.1 Å². The molecule has 29 heavy (non-hydrogen) atoms. The Bertz CT molecular complexity index is 1110. The summed E-state index contributed by atoms with van der Waals surface area (Å²) in [5.41, 5.74) is 11.6. The van der Waals surface area contributed by atoms with Crippen LogP contribution in [0.2, 0.25) is 0 Å². The first-order valence-corrected chi connectivity index (χ1v) is 10.3. The average molecular weight is 376 g/mol. The first kappa shape index (κ1) is 17.8. The Morgan fingerprint density at radius 2 is 1.10 bits per heavy atom. The highest BCUT2D eigenvalue weighted by molar-refractivity contribution is 5.80. The lowest BCUT2D eigenvalue weighted by Crippen LogP contribution is -2.10. The van der Waals surface area contributed by atoms with Crippen molar-refractivity contribution < 1.29 is 0 Å². The molecule has 0 aromatic heterocycles. The average Bonchev–Trinajstić information content (AvgIpc) is 2.72. The Balaban J connectivity index is 1.61. The quantitative estimate of drug-likeness (QED) is 0.356. The van der Waals surface area contributed by atoms with E-state index in [2.05, 4.69) is 110 Å². The van der Waals surface area contributed by atoms with Gasteiger partial charge in [-0.15, -0.1) is 0 Å². The maximum absolute atomic E-state index is 2.36. The van der Waals surface area contributed by atoms with Gasteiger partial charge in [0.15, 0.2) is 0 Å². The topological polar surface area (TPSA) is 3.24 Å². The van der Waals surface area contributed by atoms with Crippen molar-refractivity contribution in [3.05, 3.63) is 113 Å². The molecule has 4 aromatic carbocycles. The third kappa shape index (κ3) is 3.45. The Morgan fingerprint density at radius 1 is 0.517 bits per heavy atom. The van der Waals surface area contributed by atoms with Crippen LogP contribution < -0.4 is 4.90 Å². The van der Waals surface area contributed by atoms with Crippen molar-refractivity contribution in [2.45, 2.75) is 26.7 Å². The minimum Gasteiger partial charge on any atom is -0.310 e. The van der Waals surface area contributed by atoms with Crippen LogP contribution in [0.15, 0.2) is 91.0 Å². The lowest BCUT2D eigenvalue weighted by molar-refractivity contribution is 0.840. The van der Waals surface area contributed by atoms with E-state index in [-0.39, 0.29) is 0 Å². The summed E-state index contributed by atoms with van der Waals surface area (Å²) < 4.78 is 0. The predicted octanol–water partition coefficient (Wildman–Crippen LogP) is 7.54. The molecule has 0 unspecified atom stereocenters. The summed E-state index contributed by atoms with van der Waals surface area (Å²) in [5, 5.41) is 0. The van der Waals surface area contributed by atoms with Crippen molar-refractivity contribution in [3.8, 4) is 11.1 Å². The van der Waals surface area contributed by atoms with Gasteiger partial charge in [-0.3, -0.25) is 0 Å². The van der Waals surface area contributed by atoms with Crippen LogP contribution in [0.1, 0.15) is 22.3 Å². The van der Waals surface area contributed by atoms with E-state index in [1.165, 1.54) is 63.3 Å². The molecule has 0 amide bonds. The zero-order valence-corrected chi connectivity index (χ0v) is 17.0. The van der Waals surface area contributed by atoms with Crippen LogP contribution in [0.3, 0.4) is 0 Å². The second kappa shape index (κ2) is 7.25. The normalized spacial score (nSPS) is 12.2. The predicted molar refractivity (Wildman–Crippen MR) is 123 cm³/mol. The number of nitrogens with zero attached hydrogens (tertiary/aromatic N) is 1. The SMILES string of the molecule is Cc1ccc(N(c2ccc(C)cc2)c2cccc(-c3ccc4c(c3)CC4)c2)cc1. The fourth-order valence-corrected chi connectivity index (χ4v) is 4.03. The second-order valence-corrected chi connectivity index (χ2v) is 8.04. The van der Waals surface area contributed by atoms with Gasteiger partial charge in [-0.25, -0.2) is 0 Å².